The minimum absolute atomic E-state index is 0.249. The lowest BCUT2D eigenvalue weighted by Crippen LogP contribution is -2.27. The van der Waals surface area contributed by atoms with E-state index in [4.69, 9.17) is 5.73 Å². The van der Waals surface area contributed by atoms with Crippen LogP contribution in [0.15, 0.2) is 24.3 Å². The molecule has 19 heavy (non-hydrogen) atoms. The van der Waals surface area contributed by atoms with E-state index in [-0.39, 0.29) is 6.04 Å². The fraction of sp³-hybridized carbons (Fsp3) is 0.429. The van der Waals surface area contributed by atoms with E-state index >= 15 is 0 Å². The zero-order valence-corrected chi connectivity index (χ0v) is 11.1. The first-order valence-corrected chi connectivity index (χ1v) is 6.68. The summed E-state index contributed by atoms with van der Waals surface area (Å²) in [5.41, 5.74) is 8.42. The van der Waals surface area contributed by atoms with Crippen LogP contribution >= 0.6 is 0 Å². The van der Waals surface area contributed by atoms with Crippen molar-refractivity contribution in [2.45, 2.75) is 25.8 Å². The Hall–Kier alpha value is -1.88. The smallest absolute Gasteiger partial charge is 0.244 e. The van der Waals surface area contributed by atoms with E-state index in [1.165, 1.54) is 11.1 Å². The SMILES string of the molecule is Cc1cccc(Cc2nc(N3CCC(N)C3)n[nH]2)c1. The van der Waals surface area contributed by atoms with Crippen molar-refractivity contribution in [2.75, 3.05) is 18.0 Å². The first kappa shape index (κ1) is 12.2. The van der Waals surface area contributed by atoms with Crippen LogP contribution in [0, 0.1) is 6.92 Å². The average Bonchev–Trinajstić information content (AvgIpc) is 2.98. The van der Waals surface area contributed by atoms with Crippen molar-refractivity contribution in [1.29, 1.82) is 0 Å². The van der Waals surface area contributed by atoms with Gasteiger partial charge < -0.3 is 10.6 Å². The number of aromatic nitrogens is 3. The van der Waals surface area contributed by atoms with E-state index in [0.29, 0.717) is 0 Å². The van der Waals surface area contributed by atoms with Crippen LogP contribution < -0.4 is 10.6 Å². The van der Waals surface area contributed by atoms with Crippen LogP contribution in [0.3, 0.4) is 0 Å². The summed E-state index contributed by atoms with van der Waals surface area (Å²) in [6.07, 6.45) is 1.80. The Morgan fingerprint density at radius 3 is 3.11 bits per heavy atom. The molecule has 1 saturated heterocycles. The third-order valence-corrected chi connectivity index (χ3v) is 3.48. The summed E-state index contributed by atoms with van der Waals surface area (Å²) in [6.45, 7) is 3.89. The van der Waals surface area contributed by atoms with Crippen molar-refractivity contribution in [3.63, 3.8) is 0 Å². The van der Waals surface area contributed by atoms with Crippen molar-refractivity contribution in [1.82, 2.24) is 15.2 Å². The molecule has 5 nitrogen and oxygen atoms in total. The number of anilines is 1. The number of rotatable bonds is 3. The zero-order chi connectivity index (χ0) is 13.2. The lowest BCUT2D eigenvalue weighted by Gasteiger charge is -2.11. The molecule has 1 aromatic carbocycles. The molecule has 0 spiro atoms. The van der Waals surface area contributed by atoms with Crippen LogP contribution in [0.4, 0.5) is 5.95 Å². The second kappa shape index (κ2) is 5.01. The minimum atomic E-state index is 0.249. The molecule has 1 aromatic heterocycles. The molecule has 1 atom stereocenters. The summed E-state index contributed by atoms with van der Waals surface area (Å²) in [4.78, 5) is 6.70. The van der Waals surface area contributed by atoms with E-state index in [0.717, 1.165) is 37.7 Å². The number of H-pyrrole nitrogens is 1. The molecule has 0 radical (unpaired) electrons. The number of aromatic amines is 1. The van der Waals surface area contributed by atoms with Gasteiger partial charge in [-0.25, -0.2) is 0 Å². The highest BCUT2D eigenvalue weighted by atomic mass is 15.4. The van der Waals surface area contributed by atoms with E-state index in [1.54, 1.807) is 0 Å². The molecule has 0 bridgehead atoms. The van der Waals surface area contributed by atoms with Crippen molar-refractivity contribution >= 4 is 5.95 Å². The molecule has 2 heterocycles. The van der Waals surface area contributed by atoms with Crippen LogP contribution in [0.25, 0.3) is 0 Å². The van der Waals surface area contributed by atoms with Crippen molar-refractivity contribution in [3.8, 4) is 0 Å². The van der Waals surface area contributed by atoms with Gasteiger partial charge in [-0.1, -0.05) is 29.8 Å². The lowest BCUT2D eigenvalue weighted by molar-refractivity contribution is 0.750. The van der Waals surface area contributed by atoms with Crippen molar-refractivity contribution < 1.29 is 0 Å². The molecule has 0 aliphatic carbocycles. The zero-order valence-electron chi connectivity index (χ0n) is 11.1. The summed E-state index contributed by atoms with van der Waals surface area (Å²) >= 11 is 0. The quantitative estimate of drug-likeness (QED) is 0.868. The molecule has 100 valence electrons. The molecule has 1 unspecified atom stereocenters. The van der Waals surface area contributed by atoms with Gasteiger partial charge in [-0.05, 0) is 18.9 Å². The Morgan fingerprint density at radius 1 is 1.47 bits per heavy atom. The van der Waals surface area contributed by atoms with Gasteiger partial charge in [-0.3, -0.25) is 5.10 Å². The number of nitrogens with zero attached hydrogens (tertiary/aromatic N) is 3. The normalized spacial score (nSPS) is 19.1. The molecular formula is C14H19N5. The van der Waals surface area contributed by atoms with Gasteiger partial charge in [0.15, 0.2) is 0 Å². The Balaban J connectivity index is 1.71. The number of nitrogens with two attached hydrogens (primary N) is 1. The molecule has 3 N–H and O–H groups in total. The largest absolute Gasteiger partial charge is 0.338 e. The fourth-order valence-corrected chi connectivity index (χ4v) is 2.49. The highest BCUT2D eigenvalue weighted by Crippen LogP contribution is 2.16. The summed E-state index contributed by atoms with van der Waals surface area (Å²) < 4.78 is 0. The highest BCUT2D eigenvalue weighted by molar-refractivity contribution is 5.32. The third kappa shape index (κ3) is 2.76. The standard InChI is InChI=1S/C14H19N5/c1-10-3-2-4-11(7-10)8-13-16-14(18-17-13)19-6-5-12(15)9-19/h2-4,7,12H,5-6,8-9,15H2,1H3,(H,16,17,18). The van der Waals surface area contributed by atoms with Crippen molar-refractivity contribution in [2.24, 2.45) is 5.73 Å². The molecule has 1 fully saturated rings. The first-order valence-electron chi connectivity index (χ1n) is 6.68. The van der Waals surface area contributed by atoms with E-state index in [1.807, 2.05) is 0 Å². The number of hydrogen-bond acceptors (Lipinski definition) is 4. The lowest BCUT2D eigenvalue weighted by atomic mass is 10.1. The van der Waals surface area contributed by atoms with Crippen molar-refractivity contribution in [3.05, 3.63) is 41.2 Å². The maximum absolute atomic E-state index is 5.90. The maximum Gasteiger partial charge on any atom is 0.244 e. The third-order valence-electron chi connectivity index (χ3n) is 3.48. The number of hydrogen-bond donors (Lipinski definition) is 2. The molecule has 0 amide bonds. The van der Waals surface area contributed by atoms with Gasteiger partial charge in [0.1, 0.15) is 5.82 Å². The molecule has 1 aliphatic rings. The molecule has 2 aromatic rings. The van der Waals surface area contributed by atoms with Gasteiger partial charge in [0.05, 0.1) is 0 Å². The van der Waals surface area contributed by atoms with Crippen LogP contribution in [0.2, 0.25) is 0 Å². The minimum Gasteiger partial charge on any atom is -0.338 e. The van der Waals surface area contributed by atoms with Gasteiger partial charge in [-0.15, -0.1) is 5.10 Å². The van der Waals surface area contributed by atoms with Gasteiger partial charge in [0.2, 0.25) is 5.95 Å². The van der Waals surface area contributed by atoms with E-state index in [2.05, 4.69) is 51.3 Å². The van der Waals surface area contributed by atoms with Crippen LogP contribution in [0.1, 0.15) is 23.4 Å². The first-order chi connectivity index (χ1) is 9.20. The Morgan fingerprint density at radius 2 is 2.37 bits per heavy atom. The van der Waals surface area contributed by atoms with Crippen LogP contribution in [-0.2, 0) is 6.42 Å². The molecule has 0 saturated carbocycles. The summed E-state index contributed by atoms with van der Waals surface area (Å²) in [5, 5.41) is 7.31. The summed E-state index contributed by atoms with van der Waals surface area (Å²) in [5.74, 6) is 1.68. The topological polar surface area (TPSA) is 70.8 Å². The maximum atomic E-state index is 5.90. The predicted molar refractivity (Wildman–Crippen MR) is 75.2 cm³/mol. The molecule has 1 aliphatic heterocycles. The van der Waals surface area contributed by atoms with Gasteiger partial charge in [0.25, 0.3) is 0 Å². The summed E-state index contributed by atoms with van der Waals surface area (Å²) in [6, 6.07) is 8.70. The predicted octanol–water partition coefficient (Wildman–Crippen LogP) is 1.24. The Labute approximate surface area is 112 Å². The van der Waals surface area contributed by atoms with E-state index < -0.39 is 0 Å². The highest BCUT2D eigenvalue weighted by Gasteiger charge is 2.22. The van der Waals surface area contributed by atoms with Crippen LogP contribution in [-0.4, -0.2) is 34.3 Å². The summed E-state index contributed by atoms with van der Waals surface area (Å²) in [7, 11) is 0. The molecule has 3 rings (SSSR count). The Bertz CT molecular complexity index is 562. The van der Waals surface area contributed by atoms with E-state index in [9.17, 15) is 0 Å². The average molecular weight is 257 g/mol. The van der Waals surface area contributed by atoms with Gasteiger partial charge in [0, 0.05) is 25.6 Å². The molecule has 5 heteroatoms. The second-order valence-corrected chi connectivity index (χ2v) is 5.24. The molecular weight excluding hydrogens is 238 g/mol. The number of aryl methyl sites for hydroxylation is 1. The fourth-order valence-electron chi connectivity index (χ4n) is 2.49. The van der Waals surface area contributed by atoms with Crippen LogP contribution in [0.5, 0.6) is 0 Å². The number of nitrogens with one attached hydrogen (secondary N) is 1. The second-order valence-electron chi connectivity index (χ2n) is 5.24. The Kier molecular flexibility index (Phi) is 3.21. The van der Waals surface area contributed by atoms with Gasteiger partial charge >= 0.3 is 0 Å². The number of benzene rings is 1. The van der Waals surface area contributed by atoms with Gasteiger partial charge in [-0.2, -0.15) is 4.98 Å². The monoisotopic (exact) mass is 257 g/mol.